The van der Waals surface area contributed by atoms with Crippen molar-refractivity contribution in [1.82, 2.24) is 25.9 Å². The number of thioether (sulfide) groups is 1. The molecule has 0 spiro atoms. The van der Waals surface area contributed by atoms with Crippen molar-refractivity contribution in [1.29, 1.82) is 0 Å². The van der Waals surface area contributed by atoms with Gasteiger partial charge in [-0.2, -0.15) is 0 Å². The van der Waals surface area contributed by atoms with Crippen molar-refractivity contribution in [2.75, 3.05) is 12.3 Å². The Balaban J connectivity index is 1.04. The molecule has 2 fully saturated rings. The molecule has 1 saturated carbocycles. The van der Waals surface area contributed by atoms with Gasteiger partial charge in [0.05, 0.1) is 21.8 Å². The first-order chi connectivity index (χ1) is 24.2. The highest BCUT2D eigenvalue weighted by Gasteiger charge is 2.47. The second kappa shape index (κ2) is 14.6. The molecule has 0 bridgehead atoms. The highest BCUT2D eigenvalue weighted by molar-refractivity contribution is 8.07. The van der Waals surface area contributed by atoms with Gasteiger partial charge < -0.3 is 30.4 Å². The number of aromatic nitrogens is 2. The number of fused-ring (bicyclic) bond motifs is 1. The zero-order valence-electron chi connectivity index (χ0n) is 30.4. The topological polar surface area (TPSA) is 134 Å². The van der Waals surface area contributed by atoms with E-state index in [0.29, 0.717) is 12.1 Å². The summed E-state index contributed by atoms with van der Waals surface area (Å²) in [5, 5.41) is 8.89. The number of hydrogen-bond donors (Lipinski definition) is 4. The fourth-order valence-corrected chi connectivity index (χ4v) is 7.43. The van der Waals surface area contributed by atoms with Gasteiger partial charge in [-0.05, 0) is 120 Å². The van der Waals surface area contributed by atoms with Gasteiger partial charge in [0.15, 0.2) is 0 Å². The van der Waals surface area contributed by atoms with E-state index >= 15 is 0 Å². The average Bonchev–Trinajstić information content (AvgIpc) is 3.53. The van der Waals surface area contributed by atoms with Crippen LogP contribution in [0, 0.1) is 0 Å². The quantitative estimate of drug-likeness (QED) is 0.0960. The minimum atomic E-state index is -0.575. The number of hydrogen-bond acceptors (Lipinski definition) is 7. The van der Waals surface area contributed by atoms with Crippen LogP contribution in [0.3, 0.4) is 0 Å². The molecule has 10 nitrogen and oxygen atoms in total. The number of benzene rings is 3. The molecule has 3 atom stereocenters. The number of alkyl carbamates (subject to hydrolysis) is 2. The monoisotopic (exact) mass is 711 g/mol. The molecule has 4 aromatic rings. The second-order valence-electron chi connectivity index (χ2n) is 15.6. The molecule has 270 valence electrons. The van der Waals surface area contributed by atoms with Gasteiger partial charge in [-0.15, -0.1) is 11.8 Å². The Labute approximate surface area is 304 Å². The molecule has 2 heterocycles. The first-order valence-electron chi connectivity index (χ1n) is 17.8. The van der Waals surface area contributed by atoms with Crippen LogP contribution in [0.4, 0.5) is 9.59 Å². The molecule has 1 aromatic heterocycles. The lowest BCUT2D eigenvalue weighted by atomic mass is 9.99. The predicted molar refractivity (Wildman–Crippen MR) is 203 cm³/mol. The number of carbonyl (C=O) groups is 3. The van der Waals surface area contributed by atoms with Crippen molar-refractivity contribution < 1.29 is 23.9 Å². The van der Waals surface area contributed by atoms with E-state index in [2.05, 4.69) is 63.4 Å². The summed E-state index contributed by atoms with van der Waals surface area (Å²) in [7, 11) is 0. The van der Waals surface area contributed by atoms with E-state index in [-0.39, 0.29) is 28.8 Å². The first-order valence-corrected chi connectivity index (χ1v) is 18.8. The number of carbonyl (C=O) groups excluding carboxylic acids is 3. The van der Waals surface area contributed by atoms with Crippen molar-refractivity contribution >= 4 is 40.9 Å². The van der Waals surface area contributed by atoms with Gasteiger partial charge in [-0.3, -0.25) is 4.79 Å². The number of imidazole rings is 1. The lowest BCUT2D eigenvalue weighted by Gasteiger charge is -2.25. The Morgan fingerprint density at radius 1 is 0.804 bits per heavy atom. The standard InChI is InChI=1S/C40H49N5O5S/c1-38(2,3)49-36(47)41-22-8-21-40(24-51-40)35-43-32-20-19-29(23-33(32)44-35)27-13-11-25(12-14-27)26-15-17-28(18-16-26)34(46)42-30-9-7-10-31(30)45-37(48)50-39(4,5)6/h11-20,23,30-31H,7-10,21-22,24H2,1-6H3,(H,41,47)(H,42,46)(H,43,44)(H,45,48)/t30-,31-,40+/m0/s1. The molecule has 3 aromatic carbocycles. The number of ether oxygens (including phenoxy) is 2. The zero-order chi connectivity index (χ0) is 36.4. The Kier molecular flexibility index (Phi) is 10.4. The van der Waals surface area contributed by atoms with Crippen LogP contribution in [0.25, 0.3) is 33.3 Å². The number of rotatable bonds is 10. The van der Waals surface area contributed by atoms with Crippen LogP contribution < -0.4 is 16.0 Å². The molecule has 0 radical (unpaired) electrons. The van der Waals surface area contributed by atoms with Gasteiger partial charge in [-0.1, -0.05) is 42.5 Å². The van der Waals surface area contributed by atoms with E-state index in [1.807, 2.05) is 77.6 Å². The number of H-pyrrole nitrogens is 1. The third-order valence-corrected chi connectivity index (χ3v) is 10.4. The smallest absolute Gasteiger partial charge is 0.407 e. The molecule has 1 aliphatic carbocycles. The lowest BCUT2D eigenvalue weighted by Crippen LogP contribution is -2.49. The van der Waals surface area contributed by atoms with Gasteiger partial charge in [0, 0.05) is 23.9 Å². The summed E-state index contributed by atoms with van der Waals surface area (Å²) in [6.07, 6.45) is 3.45. The molecule has 51 heavy (non-hydrogen) atoms. The summed E-state index contributed by atoms with van der Waals surface area (Å²) in [6, 6.07) is 22.1. The van der Waals surface area contributed by atoms with E-state index < -0.39 is 17.3 Å². The SMILES string of the molecule is CC(C)(C)OC(=O)NCCC[C@]1(c2nc3cc(-c4ccc(-c5ccc(C(=O)N[C@H]6CCC[C@@H]6NC(=O)OC(C)(C)C)cc5)cc4)ccc3[nH]2)CS1. The Morgan fingerprint density at radius 3 is 1.96 bits per heavy atom. The molecule has 2 aliphatic rings. The van der Waals surface area contributed by atoms with Crippen molar-refractivity contribution in [2.24, 2.45) is 0 Å². The second-order valence-corrected chi connectivity index (χ2v) is 16.9. The molecule has 3 amide bonds. The summed E-state index contributed by atoms with van der Waals surface area (Å²) in [5.74, 6) is 1.84. The lowest BCUT2D eigenvalue weighted by molar-refractivity contribution is 0.0491. The normalized spacial score (nSPS) is 20.1. The summed E-state index contributed by atoms with van der Waals surface area (Å²) in [6.45, 7) is 11.6. The van der Waals surface area contributed by atoms with E-state index in [4.69, 9.17) is 14.5 Å². The average molecular weight is 712 g/mol. The van der Waals surface area contributed by atoms with Crippen molar-refractivity contribution in [3.63, 3.8) is 0 Å². The number of nitrogens with zero attached hydrogens (tertiary/aromatic N) is 1. The zero-order valence-corrected chi connectivity index (χ0v) is 31.2. The molecular weight excluding hydrogens is 663 g/mol. The van der Waals surface area contributed by atoms with Crippen LogP contribution in [0.1, 0.15) is 89.8 Å². The van der Waals surface area contributed by atoms with Crippen LogP contribution in [0.2, 0.25) is 0 Å². The van der Waals surface area contributed by atoms with E-state index in [9.17, 15) is 14.4 Å². The fourth-order valence-electron chi connectivity index (χ4n) is 6.45. The molecular formula is C40H49N5O5S. The van der Waals surface area contributed by atoms with Crippen LogP contribution in [0.15, 0.2) is 66.7 Å². The first kappa shape index (κ1) is 36.3. The summed E-state index contributed by atoms with van der Waals surface area (Å²) >= 11 is 1.89. The minimum Gasteiger partial charge on any atom is -0.444 e. The maximum Gasteiger partial charge on any atom is 0.407 e. The highest BCUT2D eigenvalue weighted by Crippen LogP contribution is 2.56. The Bertz CT molecular complexity index is 1870. The summed E-state index contributed by atoms with van der Waals surface area (Å²) < 4.78 is 10.7. The van der Waals surface area contributed by atoms with E-state index in [1.54, 1.807) is 0 Å². The fraction of sp³-hybridized carbons (Fsp3) is 0.450. The van der Waals surface area contributed by atoms with Crippen LogP contribution in [0.5, 0.6) is 0 Å². The van der Waals surface area contributed by atoms with Crippen molar-refractivity contribution in [2.45, 2.75) is 102 Å². The van der Waals surface area contributed by atoms with Crippen LogP contribution in [-0.2, 0) is 14.2 Å². The maximum absolute atomic E-state index is 13.1. The van der Waals surface area contributed by atoms with E-state index in [0.717, 1.165) is 77.0 Å². The van der Waals surface area contributed by atoms with Crippen LogP contribution in [-0.4, -0.2) is 63.6 Å². The maximum atomic E-state index is 13.1. The molecule has 1 saturated heterocycles. The largest absolute Gasteiger partial charge is 0.444 e. The van der Waals surface area contributed by atoms with Crippen LogP contribution >= 0.6 is 11.8 Å². The Morgan fingerprint density at radius 2 is 1.35 bits per heavy atom. The van der Waals surface area contributed by atoms with Gasteiger partial charge in [-0.25, -0.2) is 14.6 Å². The number of aromatic amines is 1. The third kappa shape index (κ3) is 9.44. The summed E-state index contributed by atoms with van der Waals surface area (Å²) in [4.78, 5) is 45.9. The number of nitrogens with one attached hydrogen (secondary N) is 4. The van der Waals surface area contributed by atoms with E-state index in [1.165, 1.54) is 0 Å². The Hall–Kier alpha value is -4.51. The third-order valence-electron chi connectivity index (χ3n) is 9.07. The van der Waals surface area contributed by atoms with Crippen molar-refractivity contribution in [3.8, 4) is 22.3 Å². The molecule has 4 N–H and O–H groups in total. The molecule has 6 rings (SSSR count). The van der Waals surface area contributed by atoms with Crippen molar-refractivity contribution in [3.05, 3.63) is 78.1 Å². The number of amides is 3. The predicted octanol–water partition coefficient (Wildman–Crippen LogP) is 8.32. The summed E-state index contributed by atoms with van der Waals surface area (Å²) in [5.41, 5.74) is 5.69. The van der Waals surface area contributed by atoms with Gasteiger partial charge in [0.1, 0.15) is 17.0 Å². The van der Waals surface area contributed by atoms with Gasteiger partial charge in [0.25, 0.3) is 5.91 Å². The molecule has 11 heteroatoms. The molecule has 1 aliphatic heterocycles. The molecule has 0 unspecified atom stereocenters. The highest BCUT2D eigenvalue weighted by atomic mass is 32.2. The minimum absolute atomic E-state index is 0.0371. The van der Waals surface area contributed by atoms with Gasteiger partial charge in [0.2, 0.25) is 0 Å². The van der Waals surface area contributed by atoms with Gasteiger partial charge >= 0.3 is 12.2 Å².